The SMILES string of the molecule is Cc1ccc(S(=O)(=O)NCC2CC2)cn1. The summed E-state index contributed by atoms with van der Waals surface area (Å²) in [4.78, 5) is 4.21. The van der Waals surface area contributed by atoms with Gasteiger partial charge in [-0.1, -0.05) is 0 Å². The number of sulfonamides is 1. The molecule has 1 saturated carbocycles. The summed E-state index contributed by atoms with van der Waals surface area (Å²) in [5.41, 5.74) is 0.816. The van der Waals surface area contributed by atoms with Gasteiger partial charge in [0.15, 0.2) is 0 Å². The molecule has 0 aliphatic heterocycles. The van der Waals surface area contributed by atoms with Gasteiger partial charge in [-0.05, 0) is 37.8 Å². The number of aryl methyl sites for hydroxylation is 1. The van der Waals surface area contributed by atoms with Gasteiger partial charge in [0, 0.05) is 18.4 Å². The Morgan fingerprint density at radius 3 is 2.73 bits per heavy atom. The molecule has 4 nitrogen and oxygen atoms in total. The van der Waals surface area contributed by atoms with Gasteiger partial charge in [0.1, 0.15) is 4.90 Å². The van der Waals surface area contributed by atoms with Crippen LogP contribution in [0.15, 0.2) is 23.2 Å². The fourth-order valence-corrected chi connectivity index (χ4v) is 2.31. The third-order valence-corrected chi connectivity index (χ3v) is 3.86. The summed E-state index contributed by atoms with van der Waals surface area (Å²) in [6.07, 6.45) is 3.66. The summed E-state index contributed by atoms with van der Waals surface area (Å²) in [6.45, 7) is 2.38. The van der Waals surface area contributed by atoms with E-state index < -0.39 is 10.0 Å². The molecular formula is C10H14N2O2S. The van der Waals surface area contributed by atoms with Gasteiger partial charge in [0.25, 0.3) is 0 Å². The van der Waals surface area contributed by atoms with Crippen LogP contribution in [-0.2, 0) is 10.0 Å². The number of pyridine rings is 1. The largest absolute Gasteiger partial charge is 0.260 e. The molecule has 0 spiro atoms. The Hall–Kier alpha value is -0.940. The number of nitrogens with zero attached hydrogens (tertiary/aromatic N) is 1. The standard InChI is InChI=1S/C10H14N2O2S/c1-8-2-5-10(7-11-8)15(13,14)12-6-9-3-4-9/h2,5,7,9,12H,3-4,6H2,1H3. The van der Waals surface area contributed by atoms with Gasteiger partial charge in [-0.25, -0.2) is 13.1 Å². The molecule has 15 heavy (non-hydrogen) atoms. The summed E-state index contributed by atoms with van der Waals surface area (Å²) in [5, 5.41) is 0. The molecule has 0 aromatic carbocycles. The predicted molar refractivity (Wildman–Crippen MR) is 56.9 cm³/mol. The highest BCUT2D eigenvalue weighted by molar-refractivity contribution is 7.89. The summed E-state index contributed by atoms with van der Waals surface area (Å²) in [7, 11) is -3.34. The van der Waals surface area contributed by atoms with E-state index in [4.69, 9.17) is 0 Å². The van der Waals surface area contributed by atoms with Crippen LogP contribution < -0.4 is 4.72 Å². The van der Waals surface area contributed by atoms with E-state index in [9.17, 15) is 8.42 Å². The highest BCUT2D eigenvalue weighted by Gasteiger charge is 2.24. The minimum atomic E-state index is -3.34. The van der Waals surface area contributed by atoms with E-state index in [0.717, 1.165) is 18.5 Å². The van der Waals surface area contributed by atoms with Gasteiger partial charge < -0.3 is 0 Å². The van der Waals surface area contributed by atoms with Crippen molar-refractivity contribution in [2.75, 3.05) is 6.54 Å². The number of hydrogen-bond acceptors (Lipinski definition) is 3. The van der Waals surface area contributed by atoms with Gasteiger partial charge in [-0.15, -0.1) is 0 Å². The molecule has 0 saturated heterocycles. The van der Waals surface area contributed by atoms with E-state index in [2.05, 4.69) is 9.71 Å². The van der Waals surface area contributed by atoms with Crippen molar-refractivity contribution < 1.29 is 8.42 Å². The molecule has 1 aliphatic carbocycles. The van der Waals surface area contributed by atoms with E-state index in [0.29, 0.717) is 12.5 Å². The second kappa shape index (κ2) is 3.90. The van der Waals surface area contributed by atoms with Crippen LogP contribution in [0, 0.1) is 12.8 Å². The summed E-state index contributed by atoms with van der Waals surface area (Å²) < 4.78 is 26.0. The molecule has 0 bridgehead atoms. The van der Waals surface area contributed by atoms with E-state index in [1.165, 1.54) is 6.20 Å². The zero-order chi connectivity index (χ0) is 10.9. The third kappa shape index (κ3) is 2.76. The summed E-state index contributed by atoms with van der Waals surface area (Å²) >= 11 is 0. The molecule has 0 amide bonds. The molecule has 1 fully saturated rings. The maximum atomic E-state index is 11.7. The second-order valence-electron chi connectivity index (χ2n) is 3.93. The number of aromatic nitrogens is 1. The summed E-state index contributed by atoms with van der Waals surface area (Å²) in [5.74, 6) is 0.540. The van der Waals surface area contributed by atoms with Crippen LogP contribution in [-0.4, -0.2) is 19.9 Å². The molecule has 1 N–H and O–H groups in total. The maximum absolute atomic E-state index is 11.7. The van der Waals surface area contributed by atoms with E-state index in [-0.39, 0.29) is 4.90 Å². The molecular weight excluding hydrogens is 212 g/mol. The van der Waals surface area contributed by atoms with Crippen LogP contribution in [0.1, 0.15) is 18.5 Å². The molecule has 2 rings (SSSR count). The maximum Gasteiger partial charge on any atom is 0.242 e. The smallest absolute Gasteiger partial charge is 0.242 e. The average Bonchev–Trinajstić information content (AvgIpc) is 2.99. The predicted octanol–water partition coefficient (Wildman–Crippen LogP) is 1.08. The molecule has 1 heterocycles. The molecule has 1 aromatic rings. The van der Waals surface area contributed by atoms with Crippen LogP contribution in [0.5, 0.6) is 0 Å². The van der Waals surface area contributed by atoms with E-state index in [1.54, 1.807) is 12.1 Å². The number of rotatable bonds is 4. The lowest BCUT2D eigenvalue weighted by molar-refractivity contribution is 0.577. The highest BCUT2D eigenvalue weighted by Crippen LogP contribution is 2.28. The number of nitrogens with one attached hydrogen (secondary N) is 1. The lowest BCUT2D eigenvalue weighted by Crippen LogP contribution is -2.25. The molecule has 1 aliphatic rings. The highest BCUT2D eigenvalue weighted by atomic mass is 32.2. The van der Waals surface area contributed by atoms with Crippen molar-refractivity contribution in [3.8, 4) is 0 Å². The lowest BCUT2D eigenvalue weighted by Gasteiger charge is -2.05. The normalized spacial score (nSPS) is 16.6. The Morgan fingerprint density at radius 1 is 1.47 bits per heavy atom. The van der Waals surface area contributed by atoms with Crippen LogP contribution in [0.25, 0.3) is 0 Å². The number of hydrogen-bond donors (Lipinski definition) is 1. The van der Waals surface area contributed by atoms with Crippen molar-refractivity contribution in [3.63, 3.8) is 0 Å². The van der Waals surface area contributed by atoms with Crippen LogP contribution in [0.4, 0.5) is 0 Å². The van der Waals surface area contributed by atoms with Gasteiger partial charge in [-0.2, -0.15) is 0 Å². The zero-order valence-corrected chi connectivity index (χ0v) is 9.42. The molecule has 1 aromatic heterocycles. The summed E-state index contributed by atoms with van der Waals surface area (Å²) in [6, 6.07) is 3.28. The molecule has 0 atom stereocenters. The molecule has 0 unspecified atom stereocenters. The molecule has 82 valence electrons. The Bertz CT molecular complexity index is 435. The fraction of sp³-hybridized carbons (Fsp3) is 0.500. The monoisotopic (exact) mass is 226 g/mol. The average molecular weight is 226 g/mol. The lowest BCUT2D eigenvalue weighted by atomic mass is 10.4. The first-order valence-corrected chi connectivity index (χ1v) is 6.48. The quantitative estimate of drug-likeness (QED) is 0.835. The zero-order valence-electron chi connectivity index (χ0n) is 8.60. The van der Waals surface area contributed by atoms with Crippen molar-refractivity contribution in [1.29, 1.82) is 0 Å². The minimum absolute atomic E-state index is 0.244. The van der Waals surface area contributed by atoms with Crippen LogP contribution in [0.2, 0.25) is 0 Å². The van der Waals surface area contributed by atoms with Crippen LogP contribution >= 0.6 is 0 Å². The van der Waals surface area contributed by atoms with Crippen LogP contribution in [0.3, 0.4) is 0 Å². The first-order valence-electron chi connectivity index (χ1n) is 5.00. The van der Waals surface area contributed by atoms with Crippen molar-refractivity contribution in [2.24, 2.45) is 5.92 Å². The van der Waals surface area contributed by atoms with E-state index in [1.807, 2.05) is 6.92 Å². The van der Waals surface area contributed by atoms with Gasteiger partial charge >= 0.3 is 0 Å². The Kier molecular flexibility index (Phi) is 2.75. The Labute approximate surface area is 89.8 Å². The van der Waals surface area contributed by atoms with Crippen molar-refractivity contribution in [2.45, 2.75) is 24.7 Å². The third-order valence-electron chi connectivity index (χ3n) is 2.45. The van der Waals surface area contributed by atoms with Gasteiger partial charge in [-0.3, -0.25) is 4.98 Å². The Balaban J connectivity index is 2.09. The molecule has 0 radical (unpaired) electrons. The minimum Gasteiger partial charge on any atom is -0.260 e. The van der Waals surface area contributed by atoms with Crippen molar-refractivity contribution >= 4 is 10.0 Å². The van der Waals surface area contributed by atoms with Crippen molar-refractivity contribution in [1.82, 2.24) is 9.71 Å². The van der Waals surface area contributed by atoms with Gasteiger partial charge in [0.05, 0.1) is 0 Å². The topological polar surface area (TPSA) is 59.1 Å². The Morgan fingerprint density at radius 2 is 2.20 bits per heavy atom. The van der Waals surface area contributed by atoms with Crippen molar-refractivity contribution in [3.05, 3.63) is 24.0 Å². The van der Waals surface area contributed by atoms with E-state index >= 15 is 0 Å². The molecule has 5 heteroatoms. The fourth-order valence-electron chi connectivity index (χ4n) is 1.25. The van der Waals surface area contributed by atoms with Gasteiger partial charge in [0.2, 0.25) is 10.0 Å². The first kappa shape index (κ1) is 10.6. The second-order valence-corrected chi connectivity index (χ2v) is 5.70. The first-order chi connectivity index (χ1) is 7.08.